The Morgan fingerprint density at radius 3 is 2.83 bits per heavy atom. The first-order valence-corrected chi connectivity index (χ1v) is 8.80. The average Bonchev–Trinajstić information content (AvgIpc) is 2.61. The van der Waals surface area contributed by atoms with Crippen LogP contribution < -0.4 is 5.73 Å². The third-order valence-corrected chi connectivity index (χ3v) is 5.21. The first-order chi connectivity index (χ1) is 11.6. The lowest BCUT2D eigenvalue weighted by atomic mass is 9.94. The van der Waals surface area contributed by atoms with Crippen molar-refractivity contribution in [3.8, 4) is 17.2 Å². The zero-order valence-corrected chi connectivity index (χ0v) is 14.6. The number of nitrogens with two attached hydrogens (primary N) is 1. The number of hydrogen-bond donors (Lipinski definition) is 1. The van der Waals surface area contributed by atoms with E-state index in [9.17, 15) is 5.26 Å². The Labute approximate surface area is 145 Å². The van der Waals surface area contributed by atoms with E-state index in [1.54, 1.807) is 24.2 Å². The van der Waals surface area contributed by atoms with Crippen molar-refractivity contribution in [3.63, 3.8) is 0 Å². The Bertz CT molecular complexity index is 785. The first kappa shape index (κ1) is 16.7. The fraction of sp³-hybridized carbons (Fsp3) is 0.412. The molecule has 0 spiro atoms. The minimum Gasteiger partial charge on any atom is -0.383 e. The van der Waals surface area contributed by atoms with Crippen LogP contribution in [0.1, 0.15) is 37.1 Å². The van der Waals surface area contributed by atoms with Crippen molar-refractivity contribution in [1.82, 2.24) is 15.0 Å². The Balaban J connectivity index is 2.05. The van der Waals surface area contributed by atoms with E-state index in [0.29, 0.717) is 30.4 Å². The second-order valence-electron chi connectivity index (χ2n) is 5.68. The quantitative estimate of drug-likeness (QED) is 0.674. The van der Waals surface area contributed by atoms with Crippen LogP contribution in [0.5, 0.6) is 0 Å². The normalized spacial score (nSPS) is 14.7. The minimum atomic E-state index is 0.256. The lowest BCUT2D eigenvalue weighted by molar-refractivity contribution is 0.109. The van der Waals surface area contributed by atoms with E-state index >= 15 is 0 Å². The second-order valence-corrected chi connectivity index (χ2v) is 7.08. The Morgan fingerprint density at radius 2 is 2.17 bits per heavy atom. The zero-order chi connectivity index (χ0) is 17.1. The monoisotopic (exact) mass is 341 g/mol. The molecule has 0 radical (unpaired) electrons. The van der Waals surface area contributed by atoms with Crippen molar-refractivity contribution in [2.45, 2.75) is 43.7 Å². The molecule has 2 aromatic rings. The van der Waals surface area contributed by atoms with Crippen LogP contribution in [0.15, 0.2) is 17.6 Å². The van der Waals surface area contributed by atoms with Gasteiger partial charge in [0.25, 0.3) is 0 Å². The topological polar surface area (TPSA) is 97.7 Å². The molecule has 3 rings (SSSR count). The summed E-state index contributed by atoms with van der Waals surface area (Å²) in [4.78, 5) is 13.2. The summed E-state index contributed by atoms with van der Waals surface area (Å²) < 4.78 is 5.55. The van der Waals surface area contributed by atoms with Gasteiger partial charge in [0.05, 0.1) is 18.9 Å². The van der Waals surface area contributed by atoms with Gasteiger partial charge >= 0.3 is 0 Å². The van der Waals surface area contributed by atoms with Gasteiger partial charge in [0.1, 0.15) is 17.5 Å². The van der Waals surface area contributed by atoms with E-state index in [2.05, 4.69) is 34.9 Å². The molecule has 7 heteroatoms. The van der Waals surface area contributed by atoms with Crippen molar-refractivity contribution in [1.29, 1.82) is 5.26 Å². The van der Waals surface area contributed by atoms with Crippen molar-refractivity contribution in [3.05, 3.63) is 29.2 Å². The molecule has 1 aliphatic rings. The lowest BCUT2D eigenvalue weighted by Gasteiger charge is -2.21. The highest BCUT2D eigenvalue weighted by Crippen LogP contribution is 2.34. The number of fused-ring (bicyclic) bond motifs is 1. The van der Waals surface area contributed by atoms with Gasteiger partial charge < -0.3 is 10.5 Å². The summed E-state index contributed by atoms with van der Waals surface area (Å²) >= 11 is 1.64. The van der Waals surface area contributed by atoms with Crippen molar-refractivity contribution < 1.29 is 4.74 Å². The third kappa shape index (κ3) is 3.21. The summed E-state index contributed by atoms with van der Waals surface area (Å²) in [6.07, 6.45) is 5.26. The molecule has 0 amide bonds. The van der Waals surface area contributed by atoms with Crippen LogP contribution in [0.2, 0.25) is 0 Å². The molecule has 0 aromatic carbocycles. The third-order valence-electron chi connectivity index (χ3n) is 4.05. The molecule has 1 aliphatic heterocycles. The summed E-state index contributed by atoms with van der Waals surface area (Å²) in [6.45, 7) is 5.33. The van der Waals surface area contributed by atoms with Gasteiger partial charge in [-0.3, -0.25) is 0 Å². The molecule has 124 valence electrons. The van der Waals surface area contributed by atoms with E-state index in [0.717, 1.165) is 34.0 Å². The highest BCUT2D eigenvalue weighted by molar-refractivity contribution is 7.99. The minimum absolute atomic E-state index is 0.256. The molecule has 2 aromatic heterocycles. The molecule has 24 heavy (non-hydrogen) atoms. The largest absolute Gasteiger partial charge is 0.383 e. The molecule has 0 saturated carbocycles. The van der Waals surface area contributed by atoms with E-state index in [-0.39, 0.29) is 5.82 Å². The van der Waals surface area contributed by atoms with E-state index in [4.69, 9.17) is 10.5 Å². The number of nitriles is 1. The molecule has 3 heterocycles. The molecule has 0 bridgehead atoms. The SMILES string of the molecule is CC[C@H](C)Sc1ncc(-c2c(C#N)c(N)nc3c2COCC3)cn1. The lowest BCUT2D eigenvalue weighted by Crippen LogP contribution is -2.16. The fourth-order valence-corrected chi connectivity index (χ4v) is 3.35. The molecule has 0 unspecified atom stereocenters. The summed E-state index contributed by atoms with van der Waals surface area (Å²) in [6, 6.07) is 2.16. The number of rotatable bonds is 4. The summed E-state index contributed by atoms with van der Waals surface area (Å²) in [5.41, 5.74) is 9.69. The summed E-state index contributed by atoms with van der Waals surface area (Å²) in [5.74, 6) is 0.256. The van der Waals surface area contributed by atoms with Gasteiger partial charge in [0.15, 0.2) is 5.16 Å². The van der Waals surface area contributed by atoms with Crippen LogP contribution in [0.4, 0.5) is 5.82 Å². The molecule has 2 N–H and O–H groups in total. The predicted molar refractivity (Wildman–Crippen MR) is 93.4 cm³/mol. The maximum absolute atomic E-state index is 9.51. The first-order valence-electron chi connectivity index (χ1n) is 7.92. The van der Waals surface area contributed by atoms with E-state index in [1.165, 1.54) is 0 Å². The van der Waals surface area contributed by atoms with Gasteiger partial charge in [0, 0.05) is 40.8 Å². The molecule has 1 atom stereocenters. The van der Waals surface area contributed by atoms with Crippen LogP contribution in [-0.4, -0.2) is 26.8 Å². The van der Waals surface area contributed by atoms with Crippen molar-refractivity contribution in [2.24, 2.45) is 0 Å². The highest BCUT2D eigenvalue weighted by Gasteiger charge is 2.22. The number of nitrogens with zero attached hydrogens (tertiary/aromatic N) is 4. The highest BCUT2D eigenvalue weighted by atomic mass is 32.2. The van der Waals surface area contributed by atoms with Gasteiger partial charge in [-0.2, -0.15) is 5.26 Å². The maximum Gasteiger partial charge on any atom is 0.187 e. The number of hydrogen-bond acceptors (Lipinski definition) is 7. The Hall–Kier alpha value is -2.17. The zero-order valence-electron chi connectivity index (χ0n) is 13.7. The van der Waals surface area contributed by atoms with Crippen molar-refractivity contribution >= 4 is 17.6 Å². The maximum atomic E-state index is 9.51. The number of ether oxygens (including phenoxy) is 1. The van der Waals surface area contributed by atoms with Crippen LogP contribution in [0.25, 0.3) is 11.1 Å². The van der Waals surface area contributed by atoms with Gasteiger partial charge in [-0.15, -0.1) is 0 Å². The molecular formula is C17H19N5OS. The van der Waals surface area contributed by atoms with Crippen molar-refractivity contribution in [2.75, 3.05) is 12.3 Å². The Morgan fingerprint density at radius 1 is 1.42 bits per heavy atom. The number of aromatic nitrogens is 3. The summed E-state index contributed by atoms with van der Waals surface area (Å²) in [5, 5.41) is 10.7. The van der Waals surface area contributed by atoms with Gasteiger partial charge in [-0.25, -0.2) is 15.0 Å². The standard InChI is InChI=1S/C17H19N5OS/c1-3-10(2)24-17-20-7-11(8-21-17)15-12(6-18)16(19)22-14-4-5-23-9-13(14)15/h7-8,10H,3-5,9H2,1-2H3,(H2,19,22)/t10-/m0/s1. The van der Waals surface area contributed by atoms with Crippen LogP contribution >= 0.6 is 11.8 Å². The number of thioether (sulfide) groups is 1. The average molecular weight is 341 g/mol. The van der Waals surface area contributed by atoms with Gasteiger partial charge in [-0.1, -0.05) is 25.6 Å². The molecule has 0 fully saturated rings. The number of pyridine rings is 1. The molecule has 0 aliphatic carbocycles. The molecule has 6 nitrogen and oxygen atoms in total. The van der Waals surface area contributed by atoms with E-state index < -0.39 is 0 Å². The van der Waals surface area contributed by atoms with Crippen LogP contribution in [0, 0.1) is 11.3 Å². The van der Waals surface area contributed by atoms with Crippen LogP contribution in [-0.2, 0) is 17.8 Å². The smallest absolute Gasteiger partial charge is 0.187 e. The summed E-state index contributed by atoms with van der Waals surface area (Å²) in [7, 11) is 0. The molecule has 0 saturated heterocycles. The number of anilines is 1. The Kier molecular flexibility index (Phi) is 4.97. The molecular weight excluding hydrogens is 322 g/mol. The van der Waals surface area contributed by atoms with Gasteiger partial charge in [-0.05, 0) is 6.42 Å². The number of nitrogen functional groups attached to an aromatic ring is 1. The van der Waals surface area contributed by atoms with Gasteiger partial charge in [0.2, 0.25) is 0 Å². The fourth-order valence-electron chi connectivity index (χ4n) is 2.60. The second kappa shape index (κ2) is 7.16. The van der Waals surface area contributed by atoms with E-state index in [1.807, 2.05) is 0 Å². The van der Waals surface area contributed by atoms with Crippen LogP contribution in [0.3, 0.4) is 0 Å². The predicted octanol–water partition coefficient (Wildman–Crippen LogP) is 2.96.